The predicted octanol–water partition coefficient (Wildman–Crippen LogP) is 3.18. The van der Waals surface area contributed by atoms with Crippen LogP contribution in [0.4, 0.5) is 10.1 Å². The largest absolute Gasteiger partial charge is 0.345 e. The first kappa shape index (κ1) is 16.4. The van der Waals surface area contributed by atoms with Gasteiger partial charge in [-0.3, -0.25) is 9.59 Å². The van der Waals surface area contributed by atoms with Gasteiger partial charge in [-0.05, 0) is 35.9 Å². The lowest BCUT2D eigenvalue weighted by Crippen LogP contribution is -2.23. The summed E-state index contributed by atoms with van der Waals surface area (Å²) in [6.07, 6.45) is 2.91. The summed E-state index contributed by atoms with van der Waals surface area (Å²) in [4.78, 5) is 25.5. The first-order valence-electron chi connectivity index (χ1n) is 7.02. The van der Waals surface area contributed by atoms with Crippen molar-refractivity contribution in [3.63, 3.8) is 0 Å². The Bertz CT molecular complexity index is 737. The minimum absolute atomic E-state index is 0.191. The third-order valence-electron chi connectivity index (χ3n) is 3.12. The van der Waals surface area contributed by atoms with Crippen molar-refractivity contribution < 1.29 is 14.0 Å². The highest BCUT2D eigenvalue weighted by Crippen LogP contribution is 2.16. The maximum absolute atomic E-state index is 12.8. The van der Waals surface area contributed by atoms with E-state index in [0.29, 0.717) is 16.8 Å². The predicted molar refractivity (Wildman–Crippen MR) is 88.5 cm³/mol. The Kier molecular flexibility index (Phi) is 5.25. The molecule has 0 aromatic heterocycles. The van der Waals surface area contributed by atoms with E-state index >= 15 is 0 Å². The fourth-order valence-corrected chi connectivity index (χ4v) is 1.94. The van der Waals surface area contributed by atoms with Gasteiger partial charge in [-0.2, -0.15) is 0 Å². The van der Waals surface area contributed by atoms with Gasteiger partial charge in [0.25, 0.3) is 5.91 Å². The van der Waals surface area contributed by atoms with Crippen LogP contribution in [0.2, 0.25) is 0 Å². The van der Waals surface area contributed by atoms with Crippen LogP contribution in [0.25, 0.3) is 6.08 Å². The standard InChI is InChI=1S/C18H17FN2O2/c1-21(2)18(23)15-5-3-4-6-16(15)20-17(22)12-9-13-7-10-14(19)11-8-13/h3-12H,1-2H3,(H,20,22)/b12-9+. The van der Waals surface area contributed by atoms with Crippen molar-refractivity contribution in [3.05, 3.63) is 71.6 Å². The minimum Gasteiger partial charge on any atom is -0.345 e. The highest BCUT2D eigenvalue weighted by atomic mass is 19.1. The molecule has 0 radical (unpaired) electrons. The van der Waals surface area contributed by atoms with Crippen molar-refractivity contribution >= 4 is 23.6 Å². The maximum atomic E-state index is 12.8. The van der Waals surface area contributed by atoms with Gasteiger partial charge in [0.2, 0.25) is 5.91 Å². The van der Waals surface area contributed by atoms with Crippen molar-refractivity contribution in [2.24, 2.45) is 0 Å². The van der Waals surface area contributed by atoms with Crippen LogP contribution in [-0.4, -0.2) is 30.8 Å². The van der Waals surface area contributed by atoms with Crippen molar-refractivity contribution in [3.8, 4) is 0 Å². The van der Waals surface area contributed by atoms with Crippen molar-refractivity contribution in [1.29, 1.82) is 0 Å². The third kappa shape index (κ3) is 4.51. The molecule has 0 saturated carbocycles. The van der Waals surface area contributed by atoms with Gasteiger partial charge in [-0.25, -0.2) is 4.39 Å². The molecule has 0 unspecified atom stereocenters. The van der Waals surface area contributed by atoms with Gasteiger partial charge in [-0.1, -0.05) is 24.3 Å². The van der Waals surface area contributed by atoms with Gasteiger partial charge < -0.3 is 10.2 Å². The van der Waals surface area contributed by atoms with Crippen LogP contribution < -0.4 is 5.32 Å². The zero-order chi connectivity index (χ0) is 16.8. The molecule has 0 fully saturated rings. The summed E-state index contributed by atoms with van der Waals surface area (Å²) in [6, 6.07) is 12.6. The molecular formula is C18H17FN2O2. The number of rotatable bonds is 4. The van der Waals surface area contributed by atoms with Gasteiger partial charge >= 0.3 is 0 Å². The second-order valence-electron chi connectivity index (χ2n) is 5.12. The van der Waals surface area contributed by atoms with Crippen molar-refractivity contribution in [1.82, 2.24) is 4.90 Å². The minimum atomic E-state index is -0.367. The average molecular weight is 312 g/mol. The summed E-state index contributed by atoms with van der Waals surface area (Å²) in [6.45, 7) is 0. The Morgan fingerprint density at radius 1 is 1.04 bits per heavy atom. The molecule has 2 aromatic rings. The number of nitrogens with zero attached hydrogens (tertiary/aromatic N) is 1. The average Bonchev–Trinajstić information content (AvgIpc) is 2.54. The van der Waals surface area contributed by atoms with Crippen LogP contribution in [-0.2, 0) is 4.79 Å². The van der Waals surface area contributed by atoms with E-state index in [1.165, 1.54) is 23.1 Å². The molecule has 0 heterocycles. The molecule has 0 aliphatic carbocycles. The molecule has 5 heteroatoms. The number of hydrogen-bond acceptors (Lipinski definition) is 2. The van der Waals surface area contributed by atoms with Gasteiger partial charge in [0.05, 0.1) is 11.3 Å². The summed E-state index contributed by atoms with van der Waals surface area (Å²) in [7, 11) is 3.30. The molecular weight excluding hydrogens is 295 g/mol. The zero-order valence-corrected chi connectivity index (χ0v) is 12.9. The number of halogens is 1. The number of carbonyl (C=O) groups excluding carboxylic acids is 2. The van der Waals surface area contributed by atoms with E-state index in [1.807, 2.05) is 0 Å². The summed E-state index contributed by atoms with van der Waals surface area (Å²) >= 11 is 0. The first-order chi connectivity index (χ1) is 11.0. The lowest BCUT2D eigenvalue weighted by atomic mass is 10.1. The molecule has 4 nitrogen and oxygen atoms in total. The summed E-state index contributed by atoms with van der Waals surface area (Å²) in [5, 5.41) is 2.68. The number of carbonyl (C=O) groups is 2. The molecule has 2 rings (SSSR count). The molecule has 1 N–H and O–H groups in total. The normalized spacial score (nSPS) is 10.6. The molecule has 0 aliphatic rings. The Balaban J connectivity index is 2.11. The molecule has 0 spiro atoms. The maximum Gasteiger partial charge on any atom is 0.255 e. The lowest BCUT2D eigenvalue weighted by molar-refractivity contribution is -0.111. The smallest absolute Gasteiger partial charge is 0.255 e. The van der Waals surface area contributed by atoms with E-state index in [-0.39, 0.29) is 17.6 Å². The van der Waals surface area contributed by atoms with Crippen molar-refractivity contribution in [2.75, 3.05) is 19.4 Å². The van der Waals surface area contributed by atoms with Gasteiger partial charge in [0.15, 0.2) is 0 Å². The summed E-state index contributed by atoms with van der Waals surface area (Å²) in [5.41, 5.74) is 1.57. The van der Waals surface area contributed by atoms with Crippen LogP contribution in [0.15, 0.2) is 54.6 Å². The van der Waals surface area contributed by atoms with E-state index in [9.17, 15) is 14.0 Å². The van der Waals surface area contributed by atoms with Crippen LogP contribution >= 0.6 is 0 Å². The number of para-hydroxylation sites is 1. The quantitative estimate of drug-likeness (QED) is 0.882. The lowest BCUT2D eigenvalue weighted by Gasteiger charge is -2.14. The molecule has 2 amide bonds. The molecule has 0 aliphatic heterocycles. The first-order valence-corrected chi connectivity index (χ1v) is 7.02. The SMILES string of the molecule is CN(C)C(=O)c1ccccc1NC(=O)/C=C/c1ccc(F)cc1. The number of benzene rings is 2. The van der Waals surface area contributed by atoms with Gasteiger partial charge in [-0.15, -0.1) is 0 Å². The second kappa shape index (κ2) is 7.35. The fraction of sp³-hybridized carbons (Fsp3) is 0.111. The molecule has 2 aromatic carbocycles. The fourth-order valence-electron chi connectivity index (χ4n) is 1.94. The highest BCUT2D eigenvalue weighted by Gasteiger charge is 2.13. The number of amides is 2. The Morgan fingerprint density at radius 2 is 1.70 bits per heavy atom. The van der Waals surface area contributed by atoms with Gasteiger partial charge in [0.1, 0.15) is 5.82 Å². The Labute approximate surface area is 134 Å². The van der Waals surface area contributed by atoms with E-state index in [0.717, 1.165) is 0 Å². The summed E-state index contributed by atoms with van der Waals surface area (Å²) in [5.74, 6) is -0.889. The van der Waals surface area contributed by atoms with Gasteiger partial charge in [0, 0.05) is 20.2 Å². The zero-order valence-electron chi connectivity index (χ0n) is 12.9. The number of hydrogen-bond donors (Lipinski definition) is 1. The van der Waals surface area contributed by atoms with Crippen LogP contribution in [0.1, 0.15) is 15.9 Å². The van der Waals surface area contributed by atoms with Crippen LogP contribution in [0, 0.1) is 5.82 Å². The molecule has 0 atom stereocenters. The molecule has 23 heavy (non-hydrogen) atoms. The molecule has 118 valence electrons. The topological polar surface area (TPSA) is 49.4 Å². The van der Waals surface area contributed by atoms with Crippen molar-refractivity contribution in [2.45, 2.75) is 0 Å². The third-order valence-corrected chi connectivity index (χ3v) is 3.12. The Morgan fingerprint density at radius 3 is 2.35 bits per heavy atom. The Hall–Kier alpha value is -2.95. The van der Waals surface area contributed by atoms with E-state index in [1.54, 1.807) is 56.6 Å². The van der Waals surface area contributed by atoms with E-state index in [2.05, 4.69) is 5.32 Å². The van der Waals surface area contributed by atoms with Crippen LogP contribution in [0.3, 0.4) is 0 Å². The van der Waals surface area contributed by atoms with E-state index in [4.69, 9.17) is 0 Å². The van der Waals surface area contributed by atoms with Crippen LogP contribution in [0.5, 0.6) is 0 Å². The summed E-state index contributed by atoms with van der Waals surface area (Å²) < 4.78 is 12.8. The molecule has 0 bridgehead atoms. The highest BCUT2D eigenvalue weighted by molar-refractivity contribution is 6.07. The molecule has 0 saturated heterocycles. The monoisotopic (exact) mass is 312 g/mol. The number of anilines is 1. The second-order valence-corrected chi connectivity index (χ2v) is 5.12. The number of nitrogens with one attached hydrogen (secondary N) is 1. The van der Waals surface area contributed by atoms with E-state index < -0.39 is 0 Å².